The van der Waals surface area contributed by atoms with Crippen LogP contribution in [0.1, 0.15) is 29.7 Å². The van der Waals surface area contributed by atoms with Crippen molar-refractivity contribution < 1.29 is 23.0 Å². The van der Waals surface area contributed by atoms with E-state index in [1.165, 1.54) is 19.2 Å². The van der Waals surface area contributed by atoms with Crippen molar-refractivity contribution in [3.8, 4) is 5.88 Å². The van der Waals surface area contributed by atoms with E-state index in [2.05, 4.69) is 9.97 Å². The zero-order valence-corrected chi connectivity index (χ0v) is 14.5. The quantitative estimate of drug-likeness (QED) is 0.902. The van der Waals surface area contributed by atoms with E-state index in [9.17, 15) is 18.3 Å². The largest absolute Gasteiger partial charge is 0.481 e. The maximum atomic E-state index is 12.9. The fraction of sp³-hybridized carbons (Fsp3) is 0.444. The van der Waals surface area contributed by atoms with Crippen LogP contribution in [0.5, 0.6) is 5.88 Å². The molecule has 0 atom stereocenters. The van der Waals surface area contributed by atoms with Gasteiger partial charge in [-0.05, 0) is 37.5 Å². The summed E-state index contributed by atoms with van der Waals surface area (Å²) in [6.45, 7) is 2.69. The highest BCUT2D eigenvalue weighted by Crippen LogP contribution is 2.37. The Morgan fingerprint density at radius 2 is 1.85 bits per heavy atom. The smallest absolute Gasteiger partial charge is 0.416 e. The number of nitrogens with zero attached hydrogens (tertiary/aromatic N) is 3. The van der Waals surface area contributed by atoms with Gasteiger partial charge in [0.15, 0.2) is 0 Å². The Kier molecular flexibility index (Phi) is 4.79. The van der Waals surface area contributed by atoms with E-state index in [1.807, 2.05) is 11.8 Å². The first-order chi connectivity index (χ1) is 12.2. The molecular formula is C18H20F3N3O2. The maximum absolute atomic E-state index is 12.9. The van der Waals surface area contributed by atoms with Gasteiger partial charge in [-0.25, -0.2) is 4.98 Å². The molecule has 1 fully saturated rings. The molecule has 1 N–H and O–H groups in total. The van der Waals surface area contributed by atoms with Crippen LogP contribution in [0.2, 0.25) is 0 Å². The van der Waals surface area contributed by atoms with Gasteiger partial charge in [-0.2, -0.15) is 18.2 Å². The molecule has 1 aromatic carbocycles. The number of piperidine rings is 1. The van der Waals surface area contributed by atoms with Crippen molar-refractivity contribution in [3.05, 3.63) is 47.2 Å². The van der Waals surface area contributed by atoms with E-state index in [0.717, 1.165) is 17.8 Å². The Morgan fingerprint density at radius 1 is 1.15 bits per heavy atom. The number of aliphatic hydroxyl groups is 1. The third-order valence-electron chi connectivity index (χ3n) is 4.63. The van der Waals surface area contributed by atoms with E-state index < -0.39 is 17.3 Å². The summed E-state index contributed by atoms with van der Waals surface area (Å²) in [5.41, 5.74) is -1.01. The molecule has 2 heterocycles. The minimum atomic E-state index is -4.43. The number of hydrogen-bond donors (Lipinski definition) is 1. The molecule has 0 radical (unpaired) electrons. The lowest BCUT2D eigenvalue weighted by molar-refractivity contribution is -0.137. The molecule has 0 amide bonds. The number of methoxy groups -OCH3 is 1. The minimum absolute atomic E-state index is 0.286. The lowest BCUT2D eigenvalue weighted by Gasteiger charge is -2.38. The molecule has 1 aromatic heterocycles. The van der Waals surface area contributed by atoms with Crippen molar-refractivity contribution >= 4 is 5.95 Å². The van der Waals surface area contributed by atoms with Crippen LogP contribution in [0.3, 0.4) is 0 Å². The van der Waals surface area contributed by atoms with Gasteiger partial charge in [0, 0.05) is 24.8 Å². The monoisotopic (exact) mass is 367 g/mol. The van der Waals surface area contributed by atoms with Crippen LogP contribution >= 0.6 is 0 Å². The molecule has 3 rings (SSSR count). The van der Waals surface area contributed by atoms with Crippen LogP contribution < -0.4 is 9.64 Å². The van der Waals surface area contributed by atoms with E-state index >= 15 is 0 Å². The van der Waals surface area contributed by atoms with Gasteiger partial charge in [-0.1, -0.05) is 12.1 Å². The van der Waals surface area contributed by atoms with Gasteiger partial charge in [0.1, 0.15) is 0 Å². The molecule has 0 unspecified atom stereocenters. The molecule has 1 aliphatic heterocycles. The molecule has 0 saturated carbocycles. The van der Waals surface area contributed by atoms with Crippen molar-refractivity contribution in [3.63, 3.8) is 0 Å². The predicted octanol–water partition coefficient (Wildman–Crippen LogP) is 3.30. The summed E-state index contributed by atoms with van der Waals surface area (Å²) in [5, 5.41) is 10.9. The van der Waals surface area contributed by atoms with Crippen LogP contribution in [0.25, 0.3) is 0 Å². The number of hydrogen-bond acceptors (Lipinski definition) is 5. The number of aromatic nitrogens is 2. The topological polar surface area (TPSA) is 58.5 Å². The van der Waals surface area contributed by atoms with Crippen molar-refractivity contribution in [2.75, 3.05) is 25.1 Å². The second-order valence-corrected chi connectivity index (χ2v) is 6.45. The number of benzene rings is 1. The highest BCUT2D eigenvalue weighted by molar-refractivity contribution is 5.37. The number of anilines is 1. The number of rotatable bonds is 3. The van der Waals surface area contributed by atoms with Crippen molar-refractivity contribution in [2.24, 2.45) is 0 Å². The van der Waals surface area contributed by atoms with E-state index in [4.69, 9.17) is 4.74 Å². The standard InChI is InChI=1S/C18H20F3N3O2/c1-12-10-15(26-2)23-16(22-12)24-8-6-17(25,7-9-24)13-4-3-5-14(11-13)18(19,20)21/h3-5,10-11,25H,6-9H2,1-2H3. The highest BCUT2D eigenvalue weighted by Gasteiger charge is 2.37. The molecule has 1 aliphatic rings. The average Bonchev–Trinajstić information content (AvgIpc) is 2.61. The first kappa shape index (κ1) is 18.4. The molecule has 5 nitrogen and oxygen atoms in total. The summed E-state index contributed by atoms with van der Waals surface area (Å²) in [4.78, 5) is 10.6. The zero-order chi connectivity index (χ0) is 18.9. The van der Waals surface area contributed by atoms with Crippen LogP contribution in [-0.2, 0) is 11.8 Å². The molecule has 0 bridgehead atoms. The highest BCUT2D eigenvalue weighted by atomic mass is 19.4. The third-order valence-corrected chi connectivity index (χ3v) is 4.63. The number of aryl methyl sites for hydroxylation is 1. The SMILES string of the molecule is COc1cc(C)nc(N2CCC(O)(c3cccc(C(F)(F)F)c3)CC2)n1. The summed E-state index contributed by atoms with van der Waals surface area (Å²) in [5.74, 6) is 0.944. The van der Waals surface area contributed by atoms with Crippen LogP contribution in [0.4, 0.5) is 19.1 Å². The normalized spacial score (nSPS) is 17.2. The van der Waals surface area contributed by atoms with Gasteiger partial charge in [0.05, 0.1) is 18.3 Å². The fourth-order valence-electron chi connectivity index (χ4n) is 3.12. The Bertz CT molecular complexity index is 787. The van der Waals surface area contributed by atoms with Gasteiger partial charge in [0.25, 0.3) is 0 Å². The summed E-state index contributed by atoms with van der Waals surface area (Å²) in [7, 11) is 1.52. The zero-order valence-electron chi connectivity index (χ0n) is 14.5. The van der Waals surface area contributed by atoms with Gasteiger partial charge >= 0.3 is 6.18 Å². The van der Waals surface area contributed by atoms with Gasteiger partial charge in [-0.3, -0.25) is 0 Å². The Balaban J connectivity index is 1.78. The minimum Gasteiger partial charge on any atom is -0.481 e. The van der Waals surface area contributed by atoms with Crippen LogP contribution in [-0.4, -0.2) is 35.3 Å². The van der Waals surface area contributed by atoms with Gasteiger partial charge in [0.2, 0.25) is 11.8 Å². The number of halogens is 3. The molecule has 8 heteroatoms. The average molecular weight is 367 g/mol. The Hall–Kier alpha value is -2.35. The van der Waals surface area contributed by atoms with Gasteiger partial charge in [-0.15, -0.1) is 0 Å². The lowest BCUT2D eigenvalue weighted by atomic mass is 9.84. The van der Waals surface area contributed by atoms with Crippen LogP contribution in [0.15, 0.2) is 30.3 Å². The molecule has 0 aliphatic carbocycles. The Labute approximate surface area is 149 Å². The lowest BCUT2D eigenvalue weighted by Crippen LogP contribution is -2.43. The molecule has 2 aromatic rings. The number of ether oxygens (including phenoxy) is 1. The molecular weight excluding hydrogens is 347 g/mol. The predicted molar refractivity (Wildman–Crippen MR) is 90.1 cm³/mol. The summed E-state index contributed by atoms with van der Waals surface area (Å²) in [6.07, 6.45) is -3.86. The van der Waals surface area contributed by atoms with Gasteiger partial charge < -0.3 is 14.7 Å². The fourth-order valence-corrected chi connectivity index (χ4v) is 3.12. The van der Waals surface area contributed by atoms with Crippen molar-refractivity contribution in [1.29, 1.82) is 0 Å². The molecule has 140 valence electrons. The second kappa shape index (κ2) is 6.75. The van der Waals surface area contributed by atoms with Crippen molar-refractivity contribution in [1.82, 2.24) is 9.97 Å². The number of alkyl halides is 3. The summed E-state index contributed by atoms with van der Waals surface area (Å²) < 4.78 is 44.0. The molecule has 26 heavy (non-hydrogen) atoms. The Morgan fingerprint density at radius 3 is 2.46 bits per heavy atom. The maximum Gasteiger partial charge on any atom is 0.416 e. The van der Waals surface area contributed by atoms with E-state index in [-0.39, 0.29) is 18.4 Å². The molecule has 0 spiro atoms. The van der Waals surface area contributed by atoms with Crippen LogP contribution in [0, 0.1) is 6.92 Å². The first-order valence-electron chi connectivity index (χ1n) is 8.26. The summed E-state index contributed by atoms with van der Waals surface area (Å²) in [6, 6.07) is 6.62. The van der Waals surface area contributed by atoms with Crippen molar-refractivity contribution in [2.45, 2.75) is 31.5 Å². The second-order valence-electron chi connectivity index (χ2n) is 6.45. The summed E-state index contributed by atoms with van der Waals surface area (Å²) >= 11 is 0. The van der Waals surface area contributed by atoms with E-state index in [1.54, 1.807) is 6.07 Å². The van der Waals surface area contributed by atoms with E-state index in [0.29, 0.717) is 24.9 Å². The first-order valence-corrected chi connectivity index (χ1v) is 8.26. The molecule has 1 saturated heterocycles. The third kappa shape index (κ3) is 3.75.